The summed E-state index contributed by atoms with van der Waals surface area (Å²) in [5, 5.41) is 3.44. The molecule has 1 aromatic heterocycles. The van der Waals surface area contributed by atoms with E-state index >= 15 is 0 Å². The van der Waals surface area contributed by atoms with Crippen molar-refractivity contribution in [1.82, 2.24) is 15.3 Å². The number of unbranched alkanes of at least 4 members (excludes halogenated alkanes) is 9. The van der Waals surface area contributed by atoms with E-state index in [9.17, 15) is 0 Å². The second-order valence-corrected chi connectivity index (χ2v) is 6.01. The van der Waals surface area contributed by atoms with E-state index in [1.165, 1.54) is 64.2 Å². The minimum absolute atomic E-state index is 0.838. The van der Waals surface area contributed by atoms with Gasteiger partial charge in [-0.25, -0.2) is 0 Å². The largest absolute Gasteiger partial charge is 0.311 e. The van der Waals surface area contributed by atoms with Gasteiger partial charge in [0.25, 0.3) is 0 Å². The number of aryl methyl sites for hydroxylation is 1. The molecule has 0 amide bonds. The highest BCUT2D eigenvalue weighted by Gasteiger charge is 1.95. The molecule has 1 rings (SSSR count). The maximum atomic E-state index is 4.34. The Kier molecular flexibility index (Phi) is 11.0. The highest BCUT2D eigenvalue weighted by atomic mass is 14.9. The van der Waals surface area contributed by atoms with Crippen LogP contribution in [0.15, 0.2) is 12.4 Å². The van der Waals surface area contributed by atoms with E-state index < -0.39 is 0 Å². The zero-order valence-corrected chi connectivity index (χ0v) is 14.0. The van der Waals surface area contributed by atoms with Gasteiger partial charge in [-0.3, -0.25) is 9.97 Å². The van der Waals surface area contributed by atoms with Crippen LogP contribution in [0.3, 0.4) is 0 Å². The molecule has 0 unspecified atom stereocenters. The zero-order chi connectivity index (χ0) is 15.2. The SMILES string of the molecule is CCCCCCCCCCCCNCc1cnc(C)cn1. The highest BCUT2D eigenvalue weighted by Crippen LogP contribution is 2.10. The van der Waals surface area contributed by atoms with Gasteiger partial charge in [0.2, 0.25) is 0 Å². The summed E-state index contributed by atoms with van der Waals surface area (Å²) >= 11 is 0. The molecule has 0 spiro atoms. The average molecular weight is 291 g/mol. The molecule has 0 aliphatic carbocycles. The van der Waals surface area contributed by atoms with Gasteiger partial charge < -0.3 is 5.32 Å². The molecule has 0 atom stereocenters. The number of aromatic nitrogens is 2. The second-order valence-electron chi connectivity index (χ2n) is 6.01. The van der Waals surface area contributed by atoms with E-state index in [0.29, 0.717) is 0 Å². The third kappa shape index (κ3) is 10.4. The van der Waals surface area contributed by atoms with Crippen molar-refractivity contribution in [2.24, 2.45) is 0 Å². The van der Waals surface area contributed by atoms with Gasteiger partial charge in [0.1, 0.15) is 0 Å². The van der Waals surface area contributed by atoms with Crippen LogP contribution in [0.2, 0.25) is 0 Å². The summed E-state index contributed by atoms with van der Waals surface area (Å²) < 4.78 is 0. The van der Waals surface area contributed by atoms with E-state index in [1.807, 2.05) is 19.3 Å². The molecule has 0 bridgehead atoms. The van der Waals surface area contributed by atoms with E-state index in [2.05, 4.69) is 22.2 Å². The van der Waals surface area contributed by atoms with Crippen LogP contribution in [-0.4, -0.2) is 16.5 Å². The van der Waals surface area contributed by atoms with Crippen molar-refractivity contribution >= 4 is 0 Å². The molecule has 0 aromatic carbocycles. The van der Waals surface area contributed by atoms with Crippen LogP contribution in [0.1, 0.15) is 82.5 Å². The van der Waals surface area contributed by atoms with Gasteiger partial charge in [0, 0.05) is 18.9 Å². The molecule has 1 aromatic rings. The molecule has 21 heavy (non-hydrogen) atoms. The Bertz CT molecular complexity index is 335. The Labute approximate surface area is 131 Å². The molecule has 0 aliphatic rings. The third-order valence-electron chi connectivity index (χ3n) is 3.85. The van der Waals surface area contributed by atoms with Crippen LogP contribution in [0, 0.1) is 6.92 Å². The second kappa shape index (κ2) is 12.8. The number of hydrogen-bond donors (Lipinski definition) is 1. The van der Waals surface area contributed by atoms with Crippen molar-refractivity contribution in [2.75, 3.05) is 6.54 Å². The number of nitrogens with zero attached hydrogens (tertiary/aromatic N) is 2. The molecule has 1 heterocycles. The maximum Gasteiger partial charge on any atom is 0.0724 e. The summed E-state index contributed by atoms with van der Waals surface area (Å²) in [5.41, 5.74) is 2.01. The lowest BCUT2D eigenvalue weighted by Crippen LogP contribution is -2.15. The van der Waals surface area contributed by atoms with Crippen LogP contribution in [0.5, 0.6) is 0 Å². The summed E-state index contributed by atoms with van der Waals surface area (Å²) in [6, 6.07) is 0. The summed E-state index contributed by atoms with van der Waals surface area (Å²) in [7, 11) is 0. The Morgan fingerprint density at radius 1 is 0.810 bits per heavy atom. The number of hydrogen-bond acceptors (Lipinski definition) is 3. The molecule has 3 nitrogen and oxygen atoms in total. The van der Waals surface area contributed by atoms with Gasteiger partial charge in [0.15, 0.2) is 0 Å². The molecule has 3 heteroatoms. The standard InChI is InChI=1S/C18H33N3/c1-3-4-5-6-7-8-9-10-11-12-13-19-15-18-16-20-17(2)14-21-18/h14,16,19H,3-13,15H2,1-2H3. The van der Waals surface area contributed by atoms with E-state index in [1.54, 1.807) is 0 Å². The fourth-order valence-corrected chi connectivity index (χ4v) is 2.46. The predicted octanol–water partition coefficient (Wildman–Crippen LogP) is 4.80. The lowest BCUT2D eigenvalue weighted by atomic mass is 10.1. The Hall–Kier alpha value is -0.960. The zero-order valence-electron chi connectivity index (χ0n) is 14.0. The van der Waals surface area contributed by atoms with Gasteiger partial charge in [-0.2, -0.15) is 0 Å². The van der Waals surface area contributed by atoms with Gasteiger partial charge in [-0.05, 0) is 19.9 Å². The van der Waals surface area contributed by atoms with Crippen molar-refractivity contribution in [3.8, 4) is 0 Å². The number of rotatable bonds is 13. The third-order valence-corrected chi connectivity index (χ3v) is 3.85. The fourth-order valence-electron chi connectivity index (χ4n) is 2.46. The van der Waals surface area contributed by atoms with Crippen molar-refractivity contribution in [3.05, 3.63) is 23.8 Å². The molecule has 0 radical (unpaired) electrons. The molecule has 1 N–H and O–H groups in total. The van der Waals surface area contributed by atoms with Crippen LogP contribution in [0.4, 0.5) is 0 Å². The van der Waals surface area contributed by atoms with Gasteiger partial charge in [-0.1, -0.05) is 64.7 Å². The maximum absolute atomic E-state index is 4.34. The van der Waals surface area contributed by atoms with Crippen LogP contribution >= 0.6 is 0 Å². The first-order valence-electron chi connectivity index (χ1n) is 8.81. The minimum Gasteiger partial charge on any atom is -0.311 e. The smallest absolute Gasteiger partial charge is 0.0724 e. The Morgan fingerprint density at radius 3 is 2.00 bits per heavy atom. The van der Waals surface area contributed by atoms with Gasteiger partial charge in [0.05, 0.1) is 11.4 Å². The van der Waals surface area contributed by atoms with E-state index in [-0.39, 0.29) is 0 Å². The average Bonchev–Trinajstić information content (AvgIpc) is 2.50. The summed E-state index contributed by atoms with van der Waals surface area (Å²) in [6.07, 6.45) is 17.6. The quantitative estimate of drug-likeness (QED) is 0.531. The summed E-state index contributed by atoms with van der Waals surface area (Å²) in [6.45, 7) is 6.17. The fraction of sp³-hybridized carbons (Fsp3) is 0.778. The first-order chi connectivity index (χ1) is 10.3. The first kappa shape index (κ1) is 18.1. The number of nitrogens with one attached hydrogen (secondary N) is 1. The lowest BCUT2D eigenvalue weighted by molar-refractivity contribution is 0.542. The molecular formula is C18H33N3. The lowest BCUT2D eigenvalue weighted by Gasteiger charge is -2.05. The van der Waals surface area contributed by atoms with Crippen molar-refractivity contribution < 1.29 is 0 Å². The minimum atomic E-state index is 0.838. The Morgan fingerprint density at radius 2 is 1.43 bits per heavy atom. The normalized spacial score (nSPS) is 11.0. The van der Waals surface area contributed by atoms with Crippen molar-refractivity contribution in [3.63, 3.8) is 0 Å². The van der Waals surface area contributed by atoms with Crippen molar-refractivity contribution in [1.29, 1.82) is 0 Å². The highest BCUT2D eigenvalue weighted by molar-refractivity contribution is 4.99. The van der Waals surface area contributed by atoms with Crippen LogP contribution in [-0.2, 0) is 6.54 Å². The first-order valence-corrected chi connectivity index (χ1v) is 8.81. The van der Waals surface area contributed by atoms with Gasteiger partial charge in [-0.15, -0.1) is 0 Å². The molecule has 0 aliphatic heterocycles. The molecular weight excluding hydrogens is 258 g/mol. The summed E-state index contributed by atoms with van der Waals surface area (Å²) in [5.74, 6) is 0. The van der Waals surface area contributed by atoms with Gasteiger partial charge >= 0.3 is 0 Å². The molecule has 0 fully saturated rings. The van der Waals surface area contributed by atoms with E-state index in [0.717, 1.165) is 24.5 Å². The van der Waals surface area contributed by atoms with Crippen LogP contribution < -0.4 is 5.32 Å². The van der Waals surface area contributed by atoms with Crippen LogP contribution in [0.25, 0.3) is 0 Å². The van der Waals surface area contributed by atoms with Crippen molar-refractivity contribution in [2.45, 2.75) is 84.6 Å². The monoisotopic (exact) mass is 291 g/mol. The van der Waals surface area contributed by atoms with E-state index in [4.69, 9.17) is 0 Å². The Balaban J connectivity index is 1.81. The molecule has 0 saturated heterocycles. The topological polar surface area (TPSA) is 37.8 Å². The molecule has 0 saturated carbocycles. The molecule has 120 valence electrons. The summed E-state index contributed by atoms with van der Waals surface area (Å²) in [4.78, 5) is 8.59. The predicted molar refractivity (Wildman–Crippen MR) is 90.3 cm³/mol.